The fraction of sp³-hybridized carbons (Fsp3) is 0. The first kappa shape index (κ1) is 10.6. The van der Waals surface area contributed by atoms with E-state index in [2.05, 4.69) is 21.4 Å². The smallest absolute Gasteiger partial charge is 0.164 e. The maximum Gasteiger partial charge on any atom is 0.164 e. The second-order valence-electron chi connectivity index (χ2n) is 4.35. The molecule has 1 aromatic heterocycles. The van der Waals surface area contributed by atoms with E-state index in [0.29, 0.717) is 5.69 Å². The minimum atomic E-state index is 0.700. The molecule has 2 heterocycles. The summed E-state index contributed by atoms with van der Waals surface area (Å²) in [6, 6.07) is 13.7. The van der Waals surface area contributed by atoms with Crippen LogP contribution in [0.15, 0.2) is 52.4 Å². The van der Waals surface area contributed by atoms with Crippen LogP contribution >= 0.6 is 11.8 Å². The summed E-state index contributed by atoms with van der Waals surface area (Å²) in [6.45, 7) is 0. The molecule has 2 aromatic carbocycles. The monoisotopic (exact) mass is 266 g/mol. The molecular formula is C14H10N4S. The molecule has 0 fully saturated rings. The summed E-state index contributed by atoms with van der Waals surface area (Å²) in [5.41, 5.74) is 9.22. The van der Waals surface area contributed by atoms with E-state index in [4.69, 9.17) is 5.73 Å². The van der Waals surface area contributed by atoms with Crippen LogP contribution in [0.25, 0.3) is 11.0 Å². The third-order valence-corrected chi connectivity index (χ3v) is 4.06. The number of aromatic nitrogens is 2. The van der Waals surface area contributed by atoms with Gasteiger partial charge in [-0.3, -0.25) is 0 Å². The van der Waals surface area contributed by atoms with E-state index >= 15 is 0 Å². The zero-order valence-electron chi connectivity index (χ0n) is 9.92. The van der Waals surface area contributed by atoms with Crippen LogP contribution in [0.1, 0.15) is 0 Å². The van der Waals surface area contributed by atoms with Crippen LogP contribution in [0.4, 0.5) is 17.2 Å². The van der Waals surface area contributed by atoms with Crippen molar-refractivity contribution < 1.29 is 0 Å². The number of anilines is 3. The predicted octanol–water partition coefficient (Wildman–Crippen LogP) is 3.42. The van der Waals surface area contributed by atoms with Gasteiger partial charge in [0, 0.05) is 10.6 Å². The molecule has 3 N–H and O–H groups in total. The Morgan fingerprint density at radius 3 is 2.84 bits per heavy atom. The third kappa shape index (κ3) is 1.70. The van der Waals surface area contributed by atoms with Gasteiger partial charge < -0.3 is 11.1 Å². The molecule has 0 bridgehead atoms. The normalized spacial score (nSPS) is 12.6. The van der Waals surface area contributed by atoms with Gasteiger partial charge in [-0.2, -0.15) is 0 Å². The zero-order valence-corrected chi connectivity index (χ0v) is 10.7. The van der Waals surface area contributed by atoms with Gasteiger partial charge in [0.25, 0.3) is 0 Å². The SMILES string of the molecule is Nc1ccc2nc3c(nc2c1)Nc1ccccc1S3. The second-order valence-corrected chi connectivity index (χ2v) is 5.38. The summed E-state index contributed by atoms with van der Waals surface area (Å²) < 4.78 is 0. The van der Waals surface area contributed by atoms with E-state index in [1.165, 1.54) is 4.90 Å². The highest BCUT2D eigenvalue weighted by Gasteiger charge is 2.18. The van der Waals surface area contributed by atoms with Crippen molar-refractivity contribution in [1.82, 2.24) is 9.97 Å². The van der Waals surface area contributed by atoms with Gasteiger partial charge in [-0.25, -0.2) is 9.97 Å². The summed E-state index contributed by atoms with van der Waals surface area (Å²) >= 11 is 1.63. The minimum Gasteiger partial charge on any atom is -0.399 e. The summed E-state index contributed by atoms with van der Waals surface area (Å²) in [5, 5.41) is 4.22. The van der Waals surface area contributed by atoms with E-state index in [1.54, 1.807) is 11.8 Å². The Bertz CT molecular complexity index is 801. The van der Waals surface area contributed by atoms with Gasteiger partial charge in [0.2, 0.25) is 0 Å². The summed E-state index contributed by atoms with van der Waals surface area (Å²) in [4.78, 5) is 10.4. The number of benzene rings is 2. The molecular weight excluding hydrogens is 256 g/mol. The van der Waals surface area contributed by atoms with Crippen LogP contribution < -0.4 is 11.1 Å². The van der Waals surface area contributed by atoms with Crippen LogP contribution in [0.2, 0.25) is 0 Å². The molecule has 92 valence electrons. The molecule has 0 saturated carbocycles. The first-order valence-electron chi connectivity index (χ1n) is 5.91. The standard InChI is InChI=1S/C14H10N4S/c15-8-5-6-9-11(7-8)17-13-14(18-9)19-12-4-2-1-3-10(12)16-13/h1-7H,15H2,(H,16,17). The van der Waals surface area contributed by atoms with E-state index in [1.807, 2.05) is 36.4 Å². The quantitative estimate of drug-likeness (QED) is 0.477. The second kappa shape index (κ2) is 3.86. The maximum atomic E-state index is 5.78. The number of para-hydroxylation sites is 1. The van der Waals surface area contributed by atoms with Gasteiger partial charge in [0.1, 0.15) is 5.03 Å². The van der Waals surface area contributed by atoms with Crippen molar-refractivity contribution in [3.8, 4) is 0 Å². The molecule has 0 spiro atoms. The Morgan fingerprint density at radius 1 is 1.00 bits per heavy atom. The molecule has 0 saturated heterocycles. The topological polar surface area (TPSA) is 63.8 Å². The van der Waals surface area contributed by atoms with Gasteiger partial charge in [0.15, 0.2) is 5.82 Å². The van der Waals surface area contributed by atoms with Crippen LogP contribution in [0.5, 0.6) is 0 Å². The predicted molar refractivity (Wildman–Crippen MR) is 77.8 cm³/mol. The summed E-state index contributed by atoms with van der Waals surface area (Å²) in [5.74, 6) is 0.793. The Hall–Kier alpha value is -2.27. The average molecular weight is 266 g/mol. The number of nitrogen functional groups attached to an aromatic ring is 1. The highest BCUT2D eigenvalue weighted by Crippen LogP contribution is 2.42. The van der Waals surface area contributed by atoms with Gasteiger partial charge in [-0.05, 0) is 30.3 Å². The van der Waals surface area contributed by atoms with Crippen molar-refractivity contribution in [3.05, 3.63) is 42.5 Å². The zero-order chi connectivity index (χ0) is 12.8. The fourth-order valence-electron chi connectivity index (χ4n) is 2.10. The van der Waals surface area contributed by atoms with Crippen molar-refractivity contribution in [2.24, 2.45) is 0 Å². The van der Waals surface area contributed by atoms with Crippen molar-refractivity contribution in [2.75, 3.05) is 11.1 Å². The molecule has 0 amide bonds. The fourth-order valence-corrected chi connectivity index (χ4v) is 3.02. The molecule has 4 rings (SSSR count). The Balaban J connectivity index is 1.91. The Kier molecular flexibility index (Phi) is 2.16. The lowest BCUT2D eigenvalue weighted by atomic mass is 10.2. The van der Waals surface area contributed by atoms with Gasteiger partial charge >= 0.3 is 0 Å². The number of nitrogens with zero attached hydrogens (tertiary/aromatic N) is 2. The molecule has 0 unspecified atom stereocenters. The summed E-state index contributed by atoms with van der Waals surface area (Å²) in [6.07, 6.45) is 0. The van der Waals surface area contributed by atoms with E-state index in [0.717, 1.165) is 27.6 Å². The molecule has 0 radical (unpaired) electrons. The lowest BCUT2D eigenvalue weighted by Crippen LogP contribution is -2.04. The van der Waals surface area contributed by atoms with Crippen LogP contribution in [0, 0.1) is 0 Å². The maximum absolute atomic E-state index is 5.78. The van der Waals surface area contributed by atoms with Crippen molar-refractivity contribution in [2.45, 2.75) is 9.92 Å². The molecule has 0 aliphatic carbocycles. The average Bonchev–Trinajstić information content (AvgIpc) is 2.43. The molecule has 5 heteroatoms. The lowest BCUT2D eigenvalue weighted by molar-refractivity contribution is 1.10. The molecule has 4 nitrogen and oxygen atoms in total. The van der Waals surface area contributed by atoms with Crippen LogP contribution in [-0.4, -0.2) is 9.97 Å². The number of fused-ring (bicyclic) bond motifs is 3. The molecule has 1 aliphatic rings. The number of nitrogens with one attached hydrogen (secondary N) is 1. The van der Waals surface area contributed by atoms with E-state index in [-0.39, 0.29) is 0 Å². The highest BCUT2D eigenvalue weighted by molar-refractivity contribution is 7.99. The van der Waals surface area contributed by atoms with Crippen LogP contribution in [-0.2, 0) is 0 Å². The van der Waals surface area contributed by atoms with E-state index < -0.39 is 0 Å². The lowest BCUT2D eigenvalue weighted by Gasteiger charge is -2.19. The van der Waals surface area contributed by atoms with Gasteiger partial charge in [-0.15, -0.1) is 0 Å². The van der Waals surface area contributed by atoms with Crippen molar-refractivity contribution >= 4 is 40.0 Å². The highest BCUT2D eigenvalue weighted by atomic mass is 32.2. The molecule has 3 aromatic rings. The van der Waals surface area contributed by atoms with Crippen molar-refractivity contribution in [1.29, 1.82) is 0 Å². The van der Waals surface area contributed by atoms with Crippen LogP contribution in [0.3, 0.4) is 0 Å². The largest absolute Gasteiger partial charge is 0.399 e. The molecule has 19 heavy (non-hydrogen) atoms. The van der Waals surface area contributed by atoms with Gasteiger partial charge in [-0.1, -0.05) is 23.9 Å². The third-order valence-electron chi connectivity index (χ3n) is 3.00. The molecule has 0 atom stereocenters. The number of hydrogen-bond donors (Lipinski definition) is 2. The minimum absolute atomic E-state index is 0.700. The number of hydrogen-bond acceptors (Lipinski definition) is 5. The van der Waals surface area contributed by atoms with Crippen molar-refractivity contribution in [3.63, 3.8) is 0 Å². The van der Waals surface area contributed by atoms with E-state index in [9.17, 15) is 0 Å². The summed E-state index contributed by atoms with van der Waals surface area (Å²) in [7, 11) is 0. The number of rotatable bonds is 0. The first-order chi connectivity index (χ1) is 9.29. The number of nitrogens with two attached hydrogens (primary N) is 1. The Morgan fingerprint density at radius 2 is 1.89 bits per heavy atom. The first-order valence-corrected chi connectivity index (χ1v) is 6.72. The molecule has 1 aliphatic heterocycles. The Labute approximate surface area is 114 Å². The van der Waals surface area contributed by atoms with Gasteiger partial charge in [0.05, 0.1) is 16.7 Å².